The number of hydrogen-bond acceptors (Lipinski definition) is 1. The minimum absolute atomic E-state index is 0.437. The average molecular weight is 497 g/mol. The standard InChI is InChI=1S/C32H49PS/c1-3-5-7-9-10-11-12-13-14-22-28-34-32(27-21-8-6-4-2)29-33(30-23-17-15-18-24-30)31-25-19-16-20-26-31/h15-20,23-26,29H,3-14,21-22,27-28H2,1-2H3/b32-29-. The van der Waals surface area contributed by atoms with Crippen molar-refractivity contribution in [2.24, 2.45) is 0 Å². The van der Waals surface area contributed by atoms with E-state index < -0.39 is 7.92 Å². The van der Waals surface area contributed by atoms with Crippen LogP contribution in [0.5, 0.6) is 0 Å². The van der Waals surface area contributed by atoms with E-state index in [1.807, 2.05) is 0 Å². The van der Waals surface area contributed by atoms with Gasteiger partial charge in [-0.15, -0.1) is 11.8 Å². The first-order chi connectivity index (χ1) is 16.8. The number of benzene rings is 2. The summed E-state index contributed by atoms with van der Waals surface area (Å²) in [6.07, 6.45) is 20.8. The highest BCUT2D eigenvalue weighted by molar-refractivity contribution is 8.03. The van der Waals surface area contributed by atoms with E-state index >= 15 is 0 Å². The minimum atomic E-state index is -0.437. The van der Waals surface area contributed by atoms with Gasteiger partial charge in [-0.3, -0.25) is 0 Å². The van der Waals surface area contributed by atoms with Gasteiger partial charge in [0.25, 0.3) is 0 Å². The van der Waals surface area contributed by atoms with Crippen LogP contribution in [0.1, 0.15) is 110 Å². The van der Waals surface area contributed by atoms with Gasteiger partial charge in [-0.25, -0.2) is 0 Å². The van der Waals surface area contributed by atoms with Crippen molar-refractivity contribution in [1.82, 2.24) is 0 Å². The molecule has 0 nitrogen and oxygen atoms in total. The molecule has 0 saturated carbocycles. The molecule has 0 saturated heterocycles. The Morgan fingerprint density at radius 3 is 1.53 bits per heavy atom. The summed E-state index contributed by atoms with van der Waals surface area (Å²) < 4.78 is 0. The van der Waals surface area contributed by atoms with E-state index in [0.717, 1.165) is 0 Å². The Morgan fingerprint density at radius 1 is 0.588 bits per heavy atom. The molecule has 0 N–H and O–H groups in total. The van der Waals surface area contributed by atoms with Gasteiger partial charge < -0.3 is 0 Å². The van der Waals surface area contributed by atoms with Crippen molar-refractivity contribution in [3.05, 3.63) is 71.4 Å². The summed E-state index contributed by atoms with van der Waals surface area (Å²) in [7, 11) is -0.437. The van der Waals surface area contributed by atoms with Gasteiger partial charge in [0.05, 0.1) is 0 Å². The predicted molar refractivity (Wildman–Crippen MR) is 160 cm³/mol. The molecule has 0 heterocycles. The molecule has 0 radical (unpaired) electrons. The molecule has 188 valence electrons. The second-order valence-corrected chi connectivity index (χ2v) is 12.7. The smallest absolute Gasteiger partial charge is 0.00232 e. The molecule has 2 aromatic carbocycles. The lowest BCUT2D eigenvalue weighted by Gasteiger charge is -2.17. The Balaban J connectivity index is 1.88. The maximum Gasteiger partial charge on any atom is -0.00232 e. The first kappa shape index (κ1) is 29.2. The molecule has 0 bridgehead atoms. The SMILES string of the molecule is CCCCCCCCCCCCS/C(=C\P(c1ccccc1)c1ccccc1)CCCCCC. The molecular weight excluding hydrogens is 447 g/mol. The highest BCUT2D eigenvalue weighted by Gasteiger charge is 2.12. The molecule has 0 aromatic heterocycles. The summed E-state index contributed by atoms with van der Waals surface area (Å²) in [5.41, 5.74) is 0. The maximum atomic E-state index is 2.65. The maximum absolute atomic E-state index is 2.65. The molecule has 0 aliphatic heterocycles. The zero-order chi connectivity index (χ0) is 24.1. The van der Waals surface area contributed by atoms with Crippen molar-refractivity contribution < 1.29 is 0 Å². The van der Waals surface area contributed by atoms with Crippen LogP contribution in [0.25, 0.3) is 0 Å². The lowest BCUT2D eigenvalue weighted by atomic mass is 10.1. The molecule has 34 heavy (non-hydrogen) atoms. The Morgan fingerprint density at radius 2 is 1.03 bits per heavy atom. The Kier molecular flexibility index (Phi) is 17.3. The van der Waals surface area contributed by atoms with Gasteiger partial charge >= 0.3 is 0 Å². The number of allylic oxidation sites excluding steroid dienone is 1. The summed E-state index contributed by atoms with van der Waals surface area (Å²) in [5.74, 6) is 3.93. The van der Waals surface area contributed by atoms with Crippen LogP contribution < -0.4 is 10.6 Å². The third-order valence-corrected chi connectivity index (χ3v) is 10.0. The van der Waals surface area contributed by atoms with Gasteiger partial charge in [0, 0.05) is 0 Å². The van der Waals surface area contributed by atoms with E-state index in [1.165, 1.54) is 113 Å². The molecule has 0 fully saturated rings. The molecule has 0 aliphatic carbocycles. The summed E-state index contributed by atoms with van der Waals surface area (Å²) in [6.45, 7) is 4.61. The quantitative estimate of drug-likeness (QED) is 0.130. The van der Waals surface area contributed by atoms with Crippen LogP contribution in [-0.2, 0) is 0 Å². The van der Waals surface area contributed by atoms with E-state index in [1.54, 1.807) is 4.91 Å². The summed E-state index contributed by atoms with van der Waals surface area (Å²) >= 11 is 2.15. The highest BCUT2D eigenvalue weighted by Crippen LogP contribution is 2.40. The van der Waals surface area contributed by atoms with Crippen LogP contribution in [0.15, 0.2) is 71.4 Å². The molecule has 2 heteroatoms. The fourth-order valence-electron chi connectivity index (χ4n) is 4.31. The predicted octanol–water partition coefficient (Wildman–Crippen LogP) is 10.6. The third-order valence-electron chi connectivity index (χ3n) is 6.40. The van der Waals surface area contributed by atoms with Crippen molar-refractivity contribution in [1.29, 1.82) is 0 Å². The van der Waals surface area contributed by atoms with Crippen LogP contribution in [0.4, 0.5) is 0 Å². The van der Waals surface area contributed by atoms with Crippen LogP contribution in [0, 0.1) is 0 Å². The molecule has 0 atom stereocenters. The average Bonchev–Trinajstić information content (AvgIpc) is 2.88. The van der Waals surface area contributed by atoms with Gasteiger partial charge in [-0.2, -0.15) is 0 Å². The number of rotatable bonds is 20. The zero-order valence-electron chi connectivity index (χ0n) is 22.0. The van der Waals surface area contributed by atoms with Crippen LogP contribution in [0.2, 0.25) is 0 Å². The first-order valence-electron chi connectivity index (χ1n) is 14.1. The van der Waals surface area contributed by atoms with Gasteiger partial charge in [0.15, 0.2) is 0 Å². The fraction of sp³-hybridized carbons (Fsp3) is 0.562. The highest BCUT2D eigenvalue weighted by atomic mass is 32.2. The first-order valence-corrected chi connectivity index (χ1v) is 16.5. The third kappa shape index (κ3) is 13.2. The molecule has 2 rings (SSSR count). The van der Waals surface area contributed by atoms with Crippen LogP contribution in [-0.4, -0.2) is 5.75 Å². The Bertz CT molecular complexity index is 701. The van der Waals surface area contributed by atoms with Crippen molar-refractivity contribution in [2.75, 3.05) is 5.75 Å². The topological polar surface area (TPSA) is 0 Å². The van der Waals surface area contributed by atoms with Gasteiger partial charge in [0.1, 0.15) is 0 Å². The van der Waals surface area contributed by atoms with Gasteiger partial charge in [-0.05, 0) is 54.3 Å². The minimum Gasteiger partial charge on any atom is -0.131 e. The number of hydrogen-bond donors (Lipinski definition) is 0. The molecule has 0 spiro atoms. The molecule has 2 aromatic rings. The lowest BCUT2D eigenvalue weighted by molar-refractivity contribution is 0.563. The molecule has 0 unspecified atom stereocenters. The largest absolute Gasteiger partial charge is 0.131 e. The van der Waals surface area contributed by atoms with Gasteiger partial charge in [0.2, 0.25) is 0 Å². The second-order valence-electron chi connectivity index (χ2n) is 9.48. The summed E-state index contributed by atoms with van der Waals surface area (Å²) in [5, 5.41) is 2.93. The fourth-order valence-corrected chi connectivity index (χ4v) is 7.83. The van der Waals surface area contributed by atoms with E-state index in [-0.39, 0.29) is 0 Å². The van der Waals surface area contributed by atoms with E-state index in [2.05, 4.69) is 92.1 Å². The normalized spacial score (nSPS) is 11.9. The van der Waals surface area contributed by atoms with Crippen LogP contribution >= 0.6 is 19.7 Å². The number of unbranched alkanes of at least 4 members (excludes halogenated alkanes) is 12. The second kappa shape index (κ2) is 20.2. The van der Waals surface area contributed by atoms with E-state index in [9.17, 15) is 0 Å². The summed E-state index contributed by atoms with van der Waals surface area (Å²) in [6, 6.07) is 22.3. The zero-order valence-corrected chi connectivity index (χ0v) is 23.7. The Labute approximate surface area is 217 Å². The van der Waals surface area contributed by atoms with Crippen molar-refractivity contribution >= 4 is 30.3 Å². The lowest BCUT2D eigenvalue weighted by Crippen LogP contribution is -2.09. The molecular formula is C32H49PS. The molecule has 0 aliphatic rings. The van der Waals surface area contributed by atoms with Crippen LogP contribution in [0.3, 0.4) is 0 Å². The monoisotopic (exact) mass is 496 g/mol. The Hall–Kier alpha value is -1.04. The van der Waals surface area contributed by atoms with Crippen molar-refractivity contribution in [2.45, 2.75) is 110 Å². The van der Waals surface area contributed by atoms with Crippen molar-refractivity contribution in [3.8, 4) is 0 Å². The summed E-state index contributed by atoms with van der Waals surface area (Å²) in [4.78, 5) is 1.63. The van der Waals surface area contributed by atoms with E-state index in [4.69, 9.17) is 0 Å². The van der Waals surface area contributed by atoms with Gasteiger partial charge in [-0.1, -0.05) is 152 Å². The van der Waals surface area contributed by atoms with E-state index in [0.29, 0.717) is 0 Å². The number of thioether (sulfide) groups is 1. The molecule has 0 amide bonds. The van der Waals surface area contributed by atoms with Crippen molar-refractivity contribution in [3.63, 3.8) is 0 Å².